The van der Waals surface area contributed by atoms with E-state index in [1.165, 1.54) is 16.4 Å². The summed E-state index contributed by atoms with van der Waals surface area (Å²) in [5.41, 5.74) is 10.4. The molecule has 4 heterocycles. The van der Waals surface area contributed by atoms with E-state index in [9.17, 15) is 22.8 Å². The van der Waals surface area contributed by atoms with Crippen LogP contribution in [0.5, 0.6) is 17.2 Å². The number of likely N-dealkylation sites (N-methyl/N-ethyl adjacent to an activating group) is 2. The third-order valence-corrected chi connectivity index (χ3v) is 20.7. The zero-order valence-electron chi connectivity index (χ0n) is 49.7. The summed E-state index contributed by atoms with van der Waals surface area (Å²) >= 11 is 0. The van der Waals surface area contributed by atoms with Gasteiger partial charge in [-0.3, -0.25) is 18.6 Å². The normalized spacial score (nSPS) is 16.8. The topological polar surface area (TPSA) is 166 Å². The molecule has 3 atom stereocenters. The maximum absolute atomic E-state index is 14.5. The Balaban J connectivity index is 1.01. The number of carbonyl (C=O) groups excluding carboxylic acids is 3. The number of Topliss-reactive ketones (excluding diaryl/α,β-unsaturated/α-hetero) is 1. The van der Waals surface area contributed by atoms with Gasteiger partial charge in [0, 0.05) is 93.5 Å². The molecule has 0 aliphatic carbocycles. The molecule has 20 heteroatoms. The van der Waals surface area contributed by atoms with E-state index in [-0.39, 0.29) is 50.0 Å². The average molecular weight is 1210 g/mol. The van der Waals surface area contributed by atoms with Crippen LogP contribution in [0, 0.1) is 6.92 Å². The first kappa shape index (κ1) is 62.3. The summed E-state index contributed by atoms with van der Waals surface area (Å²) < 4.78 is 66.8. The van der Waals surface area contributed by atoms with Gasteiger partial charge < -0.3 is 52.9 Å². The Bertz CT molecular complexity index is 3320. The molecule has 0 saturated heterocycles. The van der Waals surface area contributed by atoms with Crippen LogP contribution >= 0.6 is 21.6 Å². The number of anilines is 5. The van der Waals surface area contributed by atoms with Crippen LogP contribution in [0.4, 0.5) is 28.4 Å². The van der Waals surface area contributed by atoms with Crippen molar-refractivity contribution in [1.82, 2.24) is 0 Å². The summed E-state index contributed by atoms with van der Waals surface area (Å²) in [6, 6.07) is 30.2. The maximum atomic E-state index is 14.5. The second-order valence-electron chi connectivity index (χ2n) is 22.3. The van der Waals surface area contributed by atoms with Crippen molar-refractivity contribution >= 4 is 77.7 Å². The van der Waals surface area contributed by atoms with E-state index < -0.39 is 25.9 Å². The smallest absolute Gasteiger partial charge is 0.277 e. The first-order valence-corrected chi connectivity index (χ1v) is 32.4. The predicted octanol–water partition coefficient (Wildman–Crippen LogP) is 10.1. The van der Waals surface area contributed by atoms with Crippen LogP contribution in [0.25, 0.3) is 0 Å². The quantitative estimate of drug-likeness (QED) is 0.0192. The molecule has 9 rings (SSSR count). The highest BCUT2D eigenvalue weighted by Crippen LogP contribution is 2.44. The molecule has 2 amide bonds. The van der Waals surface area contributed by atoms with Crippen LogP contribution in [0.2, 0.25) is 0 Å². The van der Waals surface area contributed by atoms with Gasteiger partial charge in [-0.15, -0.1) is 0 Å². The molecule has 0 aromatic heterocycles. The van der Waals surface area contributed by atoms with Crippen molar-refractivity contribution in [2.75, 3.05) is 125 Å². The molecule has 17 nitrogen and oxygen atoms in total. The molecule has 5 aromatic rings. The van der Waals surface area contributed by atoms with Crippen LogP contribution < -0.4 is 38.7 Å². The SMILES string of the molecule is CC=CCC(=O)C(CCSSC(C)(C)CN(CCOCCOCCOC)c1cc(COc2cc3c(cc2C)C(=O)N2c4ccccc4C[C@H]2CN3C)cc(COc2cc3c(cc2OC)C(=O)N2c4ccccc4C[C@H]2CN3C)c1)S(=O)(=O)OC. The average Bonchev–Trinajstić information content (AvgIpc) is 2.63. The number of para-hydroxylation sites is 2. The van der Waals surface area contributed by atoms with Crippen LogP contribution in [0.3, 0.4) is 0 Å². The molecular weight excluding hydrogens is 1130 g/mol. The Morgan fingerprint density at radius 3 is 1.87 bits per heavy atom. The van der Waals surface area contributed by atoms with E-state index in [4.69, 9.17) is 32.6 Å². The van der Waals surface area contributed by atoms with Crippen LogP contribution in [-0.4, -0.2) is 148 Å². The number of methoxy groups -OCH3 is 2. The lowest BCUT2D eigenvalue weighted by molar-refractivity contribution is -0.118. The van der Waals surface area contributed by atoms with E-state index in [1.54, 1.807) is 50.2 Å². The second-order valence-corrected chi connectivity index (χ2v) is 27.3. The zero-order chi connectivity index (χ0) is 59.7. The van der Waals surface area contributed by atoms with Gasteiger partial charge in [0.2, 0.25) is 0 Å². The molecule has 450 valence electrons. The Labute approximate surface area is 503 Å². The van der Waals surface area contributed by atoms with Crippen molar-refractivity contribution in [3.63, 3.8) is 0 Å². The number of aryl methyl sites for hydroxylation is 1. The summed E-state index contributed by atoms with van der Waals surface area (Å²) in [5.74, 6) is 1.47. The molecule has 1 unspecified atom stereocenters. The molecule has 0 saturated carbocycles. The van der Waals surface area contributed by atoms with Gasteiger partial charge in [-0.2, -0.15) is 8.42 Å². The summed E-state index contributed by atoms with van der Waals surface area (Å²) in [5, 5.41) is -1.27. The van der Waals surface area contributed by atoms with Crippen molar-refractivity contribution in [3.8, 4) is 17.2 Å². The number of carbonyl (C=O) groups is 3. The van der Waals surface area contributed by atoms with Crippen LogP contribution in [-0.2, 0) is 59.4 Å². The van der Waals surface area contributed by atoms with Crippen molar-refractivity contribution in [2.45, 2.75) is 88.7 Å². The number of hydrogen-bond acceptors (Lipinski definition) is 17. The van der Waals surface area contributed by atoms with E-state index in [0.717, 1.165) is 70.6 Å². The van der Waals surface area contributed by atoms with Gasteiger partial charge in [-0.05, 0) is 117 Å². The van der Waals surface area contributed by atoms with Gasteiger partial charge in [-0.1, -0.05) is 70.1 Å². The van der Waals surface area contributed by atoms with Crippen molar-refractivity contribution in [2.24, 2.45) is 0 Å². The van der Waals surface area contributed by atoms with Gasteiger partial charge in [0.1, 0.15) is 24.2 Å². The van der Waals surface area contributed by atoms with Gasteiger partial charge >= 0.3 is 0 Å². The molecule has 84 heavy (non-hydrogen) atoms. The highest BCUT2D eigenvalue weighted by molar-refractivity contribution is 8.77. The lowest BCUT2D eigenvalue weighted by Crippen LogP contribution is -2.41. The number of ether oxygens (including phenoxy) is 6. The minimum absolute atomic E-state index is 0.00544. The minimum Gasteiger partial charge on any atom is -0.493 e. The Morgan fingerprint density at radius 2 is 1.29 bits per heavy atom. The first-order valence-electron chi connectivity index (χ1n) is 28.6. The number of rotatable bonds is 29. The Kier molecular flexibility index (Phi) is 20.6. The highest BCUT2D eigenvalue weighted by Gasteiger charge is 2.41. The lowest BCUT2D eigenvalue weighted by atomic mass is 10.1. The maximum Gasteiger partial charge on any atom is 0.277 e. The molecule has 4 aliphatic heterocycles. The molecule has 0 spiro atoms. The molecule has 0 fully saturated rings. The monoisotopic (exact) mass is 1210 g/mol. The highest BCUT2D eigenvalue weighted by atomic mass is 33.1. The van der Waals surface area contributed by atoms with E-state index in [0.29, 0.717) is 93.3 Å². The first-order chi connectivity index (χ1) is 40.4. The standard InChI is InChI=1S/C64H79N5O12S3/c1-10-11-20-57(70)61(84(73,74)77-9)21-28-82-83-64(3,4)42-67(22-23-78-26-27-79-25-24-75-7)48-31-44(40-80-58-36-55-51(29-43(58)2)62(71)68-49(38-65(55)5)33-46-16-12-14-18-53(46)68)30-45(32-48)41-81-60-37-56-52(35-59(60)76-8)63(72)69-50(39-66(56)6)34-47-17-13-15-19-54(47)69/h10-19,29-32,35-37,49-50,61H,20-28,33-34,38-42H2,1-9H3/t49-,50-,61?/m0/s1. The number of allylic oxidation sites excluding steroid dienone is 2. The fourth-order valence-electron chi connectivity index (χ4n) is 11.6. The van der Waals surface area contributed by atoms with E-state index >= 15 is 0 Å². The van der Waals surface area contributed by atoms with Crippen molar-refractivity contribution in [3.05, 3.63) is 142 Å². The molecular formula is C64H79N5O12S3. The second kappa shape index (κ2) is 27.8. The van der Waals surface area contributed by atoms with Crippen LogP contribution in [0.15, 0.2) is 103 Å². The fourth-order valence-corrected chi connectivity index (χ4v) is 15.4. The molecule has 4 aliphatic rings. The molecule has 0 bridgehead atoms. The number of nitrogens with zero attached hydrogens (tertiary/aromatic N) is 5. The van der Waals surface area contributed by atoms with Crippen LogP contribution in [0.1, 0.15) is 82.1 Å². The predicted molar refractivity (Wildman–Crippen MR) is 336 cm³/mol. The molecule has 0 N–H and O–H groups in total. The third kappa shape index (κ3) is 14.3. The Hall–Kier alpha value is -6.26. The Morgan fingerprint density at radius 1 is 0.726 bits per heavy atom. The lowest BCUT2D eigenvalue weighted by Gasteiger charge is -2.34. The van der Waals surface area contributed by atoms with Gasteiger partial charge in [0.25, 0.3) is 21.9 Å². The van der Waals surface area contributed by atoms with Gasteiger partial charge in [-0.25, -0.2) is 0 Å². The largest absolute Gasteiger partial charge is 0.493 e. The molecule has 0 radical (unpaired) electrons. The van der Waals surface area contributed by atoms with Gasteiger partial charge in [0.05, 0.1) is 81.8 Å². The van der Waals surface area contributed by atoms with E-state index in [2.05, 4.69) is 58.9 Å². The number of ketones is 1. The third-order valence-electron chi connectivity index (χ3n) is 15.7. The summed E-state index contributed by atoms with van der Waals surface area (Å²) in [4.78, 5) is 52.4. The zero-order valence-corrected chi connectivity index (χ0v) is 52.2. The number of benzene rings is 5. The summed E-state index contributed by atoms with van der Waals surface area (Å²) in [7, 11) is 7.40. The minimum atomic E-state index is -4.09. The summed E-state index contributed by atoms with van der Waals surface area (Å²) in [6.07, 6.45) is 5.06. The van der Waals surface area contributed by atoms with E-state index in [1.807, 2.05) is 85.4 Å². The van der Waals surface area contributed by atoms with Gasteiger partial charge in [0.15, 0.2) is 17.3 Å². The fraction of sp³-hybridized carbons (Fsp3) is 0.453. The molecule has 5 aromatic carbocycles. The number of fused-ring (bicyclic) bond motifs is 8. The van der Waals surface area contributed by atoms with Crippen molar-refractivity contribution < 1.29 is 55.4 Å². The summed E-state index contributed by atoms with van der Waals surface area (Å²) in [6.45, 7) is 12.8. The number of hydrogen-bond donors (Lipinski definition) is 0. The number of amides is 2. The van der Waals surface area contributed by atoms with Crippen molar-refractivity contribution in [1.29, 1.82) is 0 Å².